The third-order valence-electron chi connectivity index (χ3n) is 7.27. The van der Waals surface area contributed by atoms with Crippen molar-refractivity contribution in [3.63, 3.8) is 0 Å². The van der Waals surface area contributed by atoms with E-state index in [1.807, 2.05) is 31.2 Å². The minimum Gasteiger partial charge on any atom is -0.497 e. The maximum atomic E-state index is 14.0. The number of anilines is 2. The lowest BCUT2D eigenvalue weighted by Crippen LogP contribution is -2.48. The largest absolute Gasteiger partial charge is 0.497 e. The quantitative estimate of drug-likeness (QED) is 0.155. The second kappa shape index (κ2) is 14.8. The SMILES string of the molecule is CCNc1cc(C(=O)NC(Cc2ccc(F)c(F)c2)C(O)CNCc2cccc(OC)c2)cc(N2CCCCS2(O)O)c1. The fraction of sp³-hybridized carbons (Fsp3) is 0.387. The Balaban J connectivity index is 1.55. The molecule has 0 aliphatic carbocycles. The van der Waals surface area contributed by atoms with Crippen molar-refractivity contribution in [2.45, 2.75) is 44.9 Å². The van der Waals surface area contributed by atoms with E-state index in [1.165, 1.54) is 6.07 Å². The Morgan fingerprint density at radius 1 is 1.05 bits per heavy atom. The van der Waals surface area contributed by atoms with E-state index in [0.717, 1.165) is 24.1 Å². The normalized spacial score (nSPS) is 16.7. The fourth-order valence-corrected chi connectivity index (χ4v) is 6.72. The average Bonchev–Trinajstić information content (AvgIpc) is 2.98. The van der Waals surface area contributed by atoms with Gasteiger partial charge in [-0.05, 0) is 79.8 Å². The van der Waals surface area contributed by atoms with Gasteiger partial charge < -0.3 is 25.8 Å². The minimum atomic E-state index is -3.02. The van der Waals surface area contributed by atoms with Gasteiger partial charge in [-0.15, -0.1) is 10.8 Å². The van der Waals surface area contributed by atoms with Crippen LogP contribution < -0.4 is 25.0 Å². The Kier molecular flexibility index (Phi) is 11.2. The van der Waals surface area contributed by atoms with E-state index in [4.69, 9.17) is 4.74 Å². The van der Waals surface area contributed by atoms with Crippen LogP contribution in [0.25, 0.3) is 0 Å². The van der Waals surface area contributed by atoms with E-state index in [9.17, 15) is 27.8 Å². The summed E-state index contributed by atoms with van der Waals surface area (Å²) in [5.41, 5.74) is 2.72. The molecule has 3 aromatic carbocycles. The molecule has 0 radical (unpaired) electrons. The van der Waals surface area contributed by atoms with Crippen LogP contribution in [0.15, 0.2) is 60.7 Å². The van der Waals surface area contributed by atoms with Crippen LogP contribution in [0.2, 0.25) is 0 Å². The smallest absolute Gasteiger partial charge is 0.251 e. The van der Waals surface area contributed by atoms with Crippen LogP contribution in [0.3, 0.4) is 0 Å². The van der Waals surface area contributed by atoms with Crippen molar-refractivity contribution in [2.24, 2.45) is 0 Å². The lowest BCUT2D eigenvalue weighted by Gasteiger charge is -2.47. The molecule has 0 saturated carbocycles. The van der Waals surface area contributed by atoms with Gasteiger partial charge in [-0.3, -0.25) is 18.2 Å². The lowest BCUT2D eigenvalue weighted by molar-refractivity contribution is 0.0830. The first-order valence-electron chi connectivity index (χ1n) is 14.3. The molecule has 2 unspecified atom stereocenters. The van der Waals surface area contributed by atoms with Gasteiger partial charge in [0.05, 0.1) is 30.7 Å². The van der Waals surface area contributed by atoms with Crippen molar-refractivity contribution in [3.05, 3.63) is 89.0 Å². The number of rotatable bonds is 13. The highest BCUT2D eigenvalue weighted by Gasteiger charge is 2.29. The van der Waals surface area contributed by atoms with Gasteiger partial charge in [-0.2, -0.15) is 0 Å². The van der Waals surface area contributed by atoms with E-state index >= 15 is 0 Å². The molecule has 3 aromatic rings. The van der Waals surface area contributed by atoms with E-state index in [2.05, 4.69) is 16.0 Å². The predicted octanol–water partition coefficient (Wildman–Crippen LogP) is 5.16. The summed E-state index contributed by atoms with van der Waals surface area (Å²) >= 11 is 0. The number of nitrogens with one attached hydrogen (secondary N) is 3. The second-order valence-electron chi connectivity index (χ2n) is 10.5. The number of amides is 1. The van der Waals surface area contributed by atoms with Crippen LogP contribution >= 0.6 is 10.8 Å². The molecule has 1 aliphatic heterocycles. The summed E-state index contributed by atoms with van der Waals surface area (Å²) in [5.74, 6) is -1.55. The van der Waals surface area contributed by atoms with Crippen molar-refractivity contribution in [1.82, 2.24) is 10.6 Å². The first kappa shape index (κ1) is 32.5. The fourth-order valence-electron chi connectivity index (χ4n) is 5.04. The zero-order valence-electron chi connectivity index (χ0n) is 24.4. The number of carbonyl (C=O) groups excluding carboxylic acids is 1. The van der Waals surface area contributed by atoms with Crippen LogP contribution in [0.1, 0.15) is 41.3 Å². The van der Waals surface area contributed by atoms with E-state index < -0.39 is 40.5 Å². The standard InChI is InChI=1S/C31H40F2N4O5S/c1-3-35-24-16-23(17-25(18-24)37-11-4-5-12-43(37,40)41)31(39)36-29(15-21-9-10-27(32)28(33)14-21)30(38)20-34-19-22-7-6-8-26(13-22)42-2/h6-10,13-14,16-18,29-30,34-35,38,40-41H,3-5,11-12,15,19-20H2,1-2H3,(H,36,39). The summed E-state index contributed by atoms with van der Waals surface area (Å²) in [6, 6.07) is 15.1. The van der Waals surface area contributed by atoms with E-state index in [0.29, 0.717) is 48.7 Å². The molecule has 234 valence electrons. The number of methoxy groups -OCH3 is 1. The number of aliphatic hydroxyl groups is 1. The van der Waals surface area contributed by atoms with Crippen molar-refractivity contribution in [3.8, 4) is 5.75 Å². The van der Waals surface area contributed by atoms with Crippen LogP contribution in [0.4, 0.5) is 20.2 Å². The van der Waals surface area contributed by atoms with Crippen molar-refractivity contribution >= 4 is 28.1 Å². The third-order valence-corrected chi connectivity index (χ3v) is 9.20. The summed E-state index contributed by atoms with van der Waals surface area (Å²) in [6.45, 7) is 3.46. The van der Waals surface area contributed by atoms with Gasteiger partial charge in [0.15, 0.2) is 11.6 Å². The average molecular weight is 619 g/mol. The van der Waals surface area contributed by atoms with E-state index in [1.54, 1.807) is 29.6 Å². The number of carbonyl (C=O) groups is 1. The molecule has 6 N–H and O–H groups in total. The summed E-state index contributed by atoms with van der Waals surface area (Å²) < 4.78 is 55.8. The topological polar surface area (TPSA) is 126 Å². The van der Waals surface area contributed by atoms with E-state index in [-0.39, 0.29) is 24.3 Å². The molecule has 0 spiro atoms. The molecule has 1 saturated heterocycles. The van der Waals surface area contributed by atoms with Crippen LogP contribution in [0, 0.1) is 11.6 Å². The predicted molar refractivity (Wildman–Crippen MR) is 167 cm³/mol. The number of hydrogen-bond acceptors (Lipinski definition) is 8. The highest BCUT2D eigenvalue weighted by Crippen LogP contribution is 2.50. The Labute approximate surface area is 252 Å². The molecule has 1 aliphatic rings. The van der Waals surface area contributed by atoms with Crippen LogP contribution in [-0.2, 0) is 13.0 Å². The number of halogens is 2. The van der Waals surface area contributed by atoms with Gasteiger partial charge in [0, 0.05) is 37.4 Å². The maximum Gasteiger partial charge on any atom is 0.251 e. The summed E-state index contributed by atoms with van der Waals surface area (Å²) in [7, 11) is -1.44. The summed E-state index contributed by atoms with van der Waals surface area (Å²) in [6.07, 6.45) is 0.438. The molecule has 0 aromatic heterocycles. The van der Waals surface area contributed by atoms with Gasteiger partial charge in [-0.25, -0.2) is 8.78 Å². The lowest BCUT2D eigenvalue weighted by atomic mass is 10.00. The zero-order chi connectivity index (χ0) is 31.0. The Morgan fingerprint density at radius 2 is 1.86 bits per heavy atom. The second-order valence-corrected chi connectivity index (χ2v) is 12.6. The molecule has 12 heteroatoms. The molecule has 1 amide bonds. The zero-order valence-corrected chi connectivity index (χ0v) is 25.2. The Hall–Kier alpha value is -3.42. The number of benzene rings is 3. The number of aliphatic hydroxyl groups excluding tert-OH is 1. The molecule has 43 heavy (non-hydrogen) atoms. The number of ether oxygens (including phenoxy) is 1. The molecule has 4 rings (SSSR count). The van der Waals surface area contributed by atoms with Crippen molar-refractivity contribution < 1.29 is 32.5 Å². The van der Waals surface area contributed by atoms with Crippen LogP contribution in [-0.4, -0.2) is 64.8 Å². The molecular formula is C31H40F2N4O5S. The van der Waals surface area contributed by atoms with Crippen LogP contribution in [0.5, 0.6) is 5.75 Å². The van der Waals surface area contributed by atoms with Gasteiger partial charge in [0.1, 0.15) is 5.75 Å². The molecule has 1 fully saturated rings. The van der Waals surface area contributed by atoms with Gasteiger partial charge >= 0.3 is 0 Å². The van der Waals surface area contributed by atoms with Gasteiger partial charge in [-0.1, -0.05) is 18.2 Å². The molecule has 1 heterocycles. The minimum absolute atomic E-state index is 0.0391. The van der Waals surface area contributed by atoms with Gasteiger partial charge in [0.25, 0.3) is 5.91 Å². The maximum absolute atomic E-state index is 14.0. The Morgan fingerprint density at radius 3 is 2.58 bits per heavy atom. The first-order chi connectivity index (χ1) is 20.6. The first-order valence-corrected chi connectivity index (χ1v) is 16.0. The third kappa shape index (κ3) is 8.80. The van der Waals surface area contributed by atoms with Crippen molar-refractivity contribution in [1.29, 1.82) is 0 Å². The molecule has 0 bridgehead atoms. The number of nitrogens with zero attached hydrogens (tertiary/aromatic N) is 1. The van der Waals surface area contributed by atoms with Gasteiger partial charge in [0.2, 0.25) is 0 Å². The summed E-state index contributed by atoms with van der Waals surface area (Å²) in [4.78, 5) is 13.6. The highest BCUT2D eigenvalue weighted by atomic mass is 32.3. The van der Waals surface area contributed by atoms with Crippen molar-refractivity contribution in [2.75, 3.05) is 42.1 Å². The molecule has 9 nitrogen and oxygen atoms in total. The number of hydrogen-bond donors (Lipinski definition) is 6. The highest BCUT2D eigenvalue weighted by molar-refractivity contribution is 8.25. The molecular weight excluding hydrogens is 578 g/mol. The monoisotopic (exact) mass is 618 g/mol. The summed E-state index contributed by atoms with van der Waals surface area (Å²) in [5, 5.41) is 20.4. The molecule has 2 atom stereocenters. The Bertz CT molecular complexity index is 1400.